The number of allylic oxidation sites excluding steroid dienone is 8. The number of rotatable bonds is 2. The molecule has 0 aromatic carbocycles. The van der Waals surface area contributed by atoms with E-state index in [1.165, 1.54) is 18.4 Å². The zero-order chi connectivity index (χ0) is 11.8. The Morgan fingerprint density at radius 1 is 0.944 bits per heavy atom. The average molecular weight is 364 g/mol. The van der Waals surface area contributed by atoms with E-state index in [1.807, 2.05) is 0 Å². The maximum absolute atomic E-state index is 2.49. The van der Waals surface area contributed by atoms with E-state index in [4.69, 9.17) is 0 Å². The van der Waals surface area contributed by atoms with Gasteiger partial charge in [-0.05, 0) is 0 Å². The molecule has 0 fully saturated rings. The quantitative estimate of drug-likeness (QED) is 0.615. The maximum atomic E-state index is 2.49. The van der Waals surface area contributed by atoms with Gasteiger partial charge in [0.15, 0.2) is 0 Å². The molecule has 0 aromatic rings. The van der Waals surface area contributed by atoms with Crippen LogP contribution in [0.1, 0.15) is 40.5 Å². The molecule has 0 heterocycles. The second kappa shape index (κ2) is 7.27. The van der Waals surface area contributed by atoms with Crippen molar-refractivity contribution in [2.45, 2.75) is 40.5 Å². The minimum atomic E-state index is -0.433. The van der Waals surface area contributed by atoms with Crippen molar-refractivity contribution in [3.05, 3.63) is 42.0 Å². The first kappa shape index (κ1) is 18.4. The van der Waals surface area contributed by atoms with Crippen molar-refractivity contribution in [1.82, 2.24) is 0 Å². The smallest absolute Gasteiger partial charge is 0.147 e. The van der Waals surface area contributed by atoms with Gasteiger partial charge in [-0.1, -0.05) is 0 Å². The van der Waals surface area contributed by atoms with Crippen LogP contribution in [0.3, 0.4) is 0 Å². The van der Waals surface area contributed by atoms with E-state index in [0.717, 1.165) is 0 Å². The Balaban J connectivity index is 0.00000144. The van der Waals surface area contributed by atoms with Crippen LogP contribution in [0.2, 0.25) is 0 Å². The van der Waals surface area contributed by atoms with Gasteiger partial charge < -0.3 is 0 Å². The summed E-state index contributed by atoms with van der Waals surface area (Å²) in [6.45, 7) is 9.14. The zero-order valence-electron chi connectivity index (χ0n) is 11.5. The molecule has 0 aliphatic heterocycles. The van der Waals surface area contributed by atoms with E-state index in [1.54, 1.807) is 12.1 Å². The predicted molar refractivity (Wildman–Crippen MR) is 81.2 cm³/mol. The SMILES string of the molecule is CC1=CC[C]([Zr][C]2=CC(C(C)(C)C)=CC2)=C1.Cl.Cl. The summed E-state index contributed by atoms with van der Waals surface area (Å²) in [4.78, 5) is 0. The zero-order valence-corrected chi connectivity index (χ0v) is 15.6. The summed E-state index contributed by atoms with van der Waals surface area (Å²) >= 11 is -0.433. The van der Waals surface area contributed by atoms with Crippen LogP contribution in [-0.2, 0) is 23.2 Å². The molecular formula is C15H22Cl2Zr. The summed E-state index contributed by atoms with van der Waals surface area (Å²) in [7, 11) is 0. The van der Waals surface area contributed by atoms with Crippen molar-refractivity contribution in [1.29, 1.82) is 0 Å². The molecule has 0 saturated carbocycles. The first-order valence-electron chi connectivity index (χ1n) is 6.01. The first-order chi connectivity index (χ1) is 7.45. The number of halogens is 2. The number of hydrogen-bond donors (Lipinski definition) is 0. The van der Waals surface area contributed by atoms with Crippen LogP contribution in [0.25, 0.3) is 0 Å². The van der Waals surface area contributed by atoms with E-state index in [0.29, 0.717) is 5.41 Å². The van der Waals surface area contributed by atoms with Crippen LogP contribution in [0.4, 0.5) is 0 Å². The van der Waals surface area contributed by atoms with Gasteiger partial charge >= 0.3 is 111 Å². The summed E-state index contributed by atoms with van der Waals surface area (Å²) < 4.78 is 3.50. The van der Waals surface area contributed by atoms with Gasteiger partial charge in [0, 0.05) is 0 Å². The molecule has 0 nitrogen and oxygen atoms in total. The van der Waals surface area contributed by atoms with Crippen molar-refractivity contribution >= 4 is 24.8 Å². The molecular weight excluding hydrogens is 342 g/mol. The molecule has 2 aliphatic carbocycles. The second-order valence-corrected chi connectivity index (χ2v) is 9.50. The summed E-state index contributed by atoms with van der Waals surface area (Å²) in [5.41, 5.74) is 3.35. The summed E-state index contributed by atoms with van der Waals surface area (Å²) in [6, 6.07) is 0. The van der Waals surface area contributed by atoms with E-state index in [2.05, 4.69) is 52.0 Å². The van der Waals surface area contributed by atoms with Gasteiger partial charge in [-0.15, -0.1) is 24.8 Å². The third-order valence-corrected chi connectivity index (χ3v) is 6.40. The minimum Gasteiger partial charge on any atom is -0.147 e. The molecule has 100 valence electrons. The van der Waals surface area contributed by atoms with Gasteiger partial charge in [0.2, 0.25) is 0 Å². The average Bonchev–Trinajstić information content (AvgIpc) is 2.74. The van der Waals surface area contributed by atoms with Crippen LogP contribution in [0, 0.1) is 5.41 Å². The van der Waals surface area contributed by atoms with Crippen LogP contribution in [0.5, 0.6) is 0 Å². The van der Waals surface area contributed by atoms with Gasteiger partial charge in [0.1, 0.15) is 0 Å². The Hall–Kier alpha value is 0.423. The molecule has 0 aromatic heterocycles. The van der Waals surface area contributed by atoms with Crippen LogP contribution < -0.4 is 0 Å². The van der Waals surface area contributed by atoms with Gasteiger partial charge in [0.05, 0.1) is 0 Å². The monoisotopic (exact) mass is 362 g/mol. The minimum absolute atomic E-state index is 0. The molecule has 0 saturated heterocycles. The Bertz CT molecular complexity index is 420. The Morgan fingerprint density at radius 2 is 1.50 bits per heavy atom. The molecule has 3 heteroatoms. The standard InChI is InChI=1S/C9H13.C6H7.2ClH.Zr/c1-9(2,3)8-6-4-5-7-8;1-6-4-2-3-5-6;;;/h6-7H,4H2,1-3H3;4-5H,2H2,1H3;2*1H;. The van der Waals surface area contributed by atoms with Crippen molar-refractivity contribution < 1.29 is 23.2 Å². The molecule has 0 spiro atoms. The summed E-state index contributed by atoms with van der Waals surface area (Å²) in [5, 5.41) is 0. The van der Waals surface area contributed by atoms with Gasteiger partial charge in [-0.25, -0.2) is 0 Å². The second-order valence-electron chi connectivity index (χ2n) is 5.73. The van der Waals surface area contributed by atoms with Crippen molar-refractivity contribution in [2.24, 2.45) is 5.41 Å². The third kappa shape index (κ3) is 4.84. The fourth-order valence-electron chi connectivity index (χ4n) is 2.09. The molecule has 18 heavy (non-hydrogen) atoms. The van der Waals surface area contributed by atoms with Gasteiger partial charge in [-0.2, -0.15) is 0 Å². The molecule has 0 bridgehead atoms. The fourth-order valence-corrected chi connectivity index (χ4v) is 5.41. The van der Waals surface area contributed by atoms with Crippen LogP contribution in [-0.4, -0.2) is 0 Å². The summed E-state index contributed by atoms with van der Waals surface area (Å²) in [6.07, 6.45) is 12.2. The van der Waals surface area contributed by atoms with Crippen LogP contribution >= 0.6 is 24.8 Å². The molecule has 0 unspecified atom stereocenters. The third-order valence-electron chi connectivity index (χ3n) is 3.10. The van der Waals surface area contributed by atoms with E-state index < -0.39 is 23.2 Å². The van der Waals surface area contributed by atoms with Gasteiger partial charge in [-0.3, -0.25) is 0 Å². The molecule has 2 aliphatic rings. The van der Waals surface area contributed by atoms with E-state index in [9.17, 15) is 0 Å². The van der Waals surface area contributed by atoms with Crippen molar-refractivity contribution in [3.8, 4) is 0 Å². The normalized spacial score (nSPS) is 18.0. The largest absolute Gasteiger partial charge is 0.147 e. The van der Waals surface area contributed by atoms with Crippen LogP contribution in [0.15, 0.2) is 42.0 Å². The van der Waals surface area contributed by atoms with Crippen molar-refractivity contribution in [2.75, 3.05) is 0 Å². The maximum Gasteiger partial charge on any atom is -0.147 e. The topological polar surface area (TPSA) is 0 Å². The van der Waals surface area contributed by atoms with Crippen molar-refractivity contribution in [3.63, 3.8) is 0 Å². The fraction of sp³-hybridized carbons (Fsp3) is 0.467. The molecule has 0 radical (unpaired) electrons. The predicted octanol–water partition coefficient (Wildman–Crippen LogP) is 5.41. The Labute approximate surface area is 135 Å². The Kier molecular flexibility index (Phi) is 7.44. The van der Waals surface area contributed by atoms with E-state index >= 15 is 0 Å². The van der Waals surface area contributed by atoms with E-state index in [-0.39, 0.29) is 24.8 Å². The number of hydrogen-bond acceptors (Lipinski definition) is 0. The molecule has 0 amide bonds. The molecule has 0 N–H and O–H groups in total. The molecule has 2 rings (SSSR count). The summed E-state index contributed by atoms with van der Waals surface area (Å²) in [5.74, 6) is 0. The Morgan fingerprint density at radius 3 is 1.94 bits per heavy atom. The van der Waals surface area contributed by atoms with Gasteiger partial charge in [0.25, 0.3) is 0 Å². The molecule has 0 atom stereocenters. The first-order valence-corrected chi connectivity index (χ1v) is 8.46.